The van der Waals surface area contributed by atoms with Gasteiger partial charge in [0, 0.05) is 36.5 Å². The number of rotatable bonds is 4. The third-order valence-corrected chi connectivity index (χ3v) is 4.45. The van der Waals surface area contributed by atoms with E-state index in [0.717, 1.165) is 29.4 Å². The molecule has 1 aromatic heterocycles. The Hall–Kier alpha value is -1.56. The van der Waals surface area contributed by atoms with Gasteiger partial charge in [0.2, 0.25) is 5.91 Å². The molecular weight excluding hydrogens is 314 g/mol. The van der Waals surface area contributed by atoms with E-state index in [4.69, 9.17) is 10.5 Å². The lowest BCUT2D eigenvalue weighted by atomic mass is 9.91. The van der Waals surface area contributed by atoms with Crippen LogP contribution in [0, 0.1) is 6.92 Å². The molecule has 2 aromatic rings. The van der Waals surface area contributed by atoms with E-state index in [1.807, 2.05) is 29.7 Å². The highest BCUT2D eigenvalue weighted by molar-refractivity contribution is 5.85. The summed E-state index contributed by atoms with van der Waals surface area (Å²) >= 11 is 0. The molecule has 1 saturated heterocycles. The number of halogens is 1. The van der Waals surface area contributed by atoms with Crippen LogP contribution in [0.3, 0.4) is 0 Å². The first kappa shape index (κ1) is 17.8. The van der Waals surface area contributed by atoms with Gasteiger partial charge in [-0.15, -0.1) is 12.4 Å². The third kappa shape index (κ3) is 4.05. The van der Waals surface area contributed by atoms with Crippen LogP contribution in [0.5, 0.6) is 0 Å². The van der Waals surface area contributed by atoms with Gasteiger partial charge in [0.05, 0.1) is 0 Å². The highest BCUT2D eigenvalue weighted by Gasteiger charge is 2.28. The predicted molar refractivity (Wildman–Crippen MR) is 93.9 cm³/mol. The molecule has 1 aliphatic heterocycles. The van der Waals surface area contributed by atoms with Gasteiger partial charge in [0.25, 0.3) is 0 Å². The highest BCUT2D eigenvalue weighted by Crippen LogP contribution is 2.19. The topological polar surface area (TPSA) is 69.3 Å². The first-order valence-electron chi connectivity index (χ1n) is 7.76. The maximum atomic E-state index is 12.3. The van der Waals surface area contributed by atoms with Crippen molar-refractivity contribution in [2.75, 3.05) is 19.8 Å². The predicted octanol–water partition coefficient (Wildman–Crippen LogP) is 2.00. The van der Waals surface area contributed by atoms with Gasteiger partial charge in [-0.2, -0.15) is 0 Å². The Labute approximate surface area is 142 Å². The number of ether oxygens (including phenoxy) is 1. The number of nitrogens with zero attached hydrogens (tertiary/aromatic N) is 1. The summed E-state index contributed by atoms with van der Waals surface area (Å²) in [5.41, 5.74) is 8.14. The number of fused-ring (bicyclic) bond motifs is 1. The Morgan fingerprint density at radius 1 is 1.35 bits per heavy atom. The molecule has 126 valence electrons. The van der Waals surface area contributed by atoms with Crippen molar-refractivity contribution >= 4 is 29.2 Å². The van der Waals surface area contributed by atoms with Crippen LogP contribution in [-0.4, -0.2) is 35.8 Å². The van der Waals surface area contributed by atoms with E-state index in [0.29, 0.717) is 26.3 Å². The standard InChI is InChI=1S/C17H23N3O2.ClH/c1-13-10-14-4-2-3-5-15(14)20(13)11-16(21)19-12-17(18)6-8-22-9-7-17;/h2-5,10H,6-9,11-12,18H2,1H3,(H,19,21);1H. The second-order valence-electron chi connectivity index (χ2n) is 6.18. The van der Waals surface area contributed by atoms with Crippen LogP contribution in [0.25, 0.3) is 10.9 Å². The summed E-state index contributed by atoms with van der Waals surface area (Å²) in [7, 11) is 0. The Balaban J connectivity index is 0.00000192. The summed E-state index contributed by atoms with van der Waals surface area (Å²) in [6, 6.07) is 10.2. The fourth-order valence-electron chi connectivity index (χ4n) is 2.99. The van der Waals surface area contributed by atoms with Gasteiger partial charge in [-0.05, 0) is 37.3 Å². The molecule has 3 rings (SSSR count). The molecule has 0 unspecified atom stereocenters. The number of hydrogen-bond acceptors (Lipinski definition) is 3. The molecule has 3 N–H and O–H groups in total. The average Bonchev–Trinajstić information content (AvgIpc) is 2.82. The molecule has 0 aliphatic carbocycles. The lowest BCUT2D eigenvalue weighted by Gasteiger charge is -2.33. The Morgan fingerprint density at radius 3 is 2.78 bits per heavy atom. The number of hydrogen-bond donors (Lipinski definition) is 2. The van der Waals surface area contributed by atoms with Gasteiger partial charge >= 0.3 is 0 Å². The summed E-state index contributed by atoms with van der Waals surface area (Å²) in [5.74, 6) is 0.000713. The summed E-state index contributed by atoms with van der Waals surface area (Å²) in [5, 5.41) is 4.14. The van der Waals surface area contributed by atoms with Crippen LogP contribution in [0.4, 0.5) is 0 Å². The van der Waals surface area contributed by atoms with Crippen molar-refractivity contribution < 1.29 is 9.53 Å². The first-order chi connectivity index (χ1) is 10.6. The van der Waals surface area contributed by atoms with Crippen molar-refractivity contribution in [2.45, 2.75) is 31.8 Å². The average molecular weight is 338 g/mol. The minimum absolute atomic E-state index is 0. The fraction of sp³-hybridized carbons (Fsp3) is 0.471. The molecule has 2 heterocycles. The summed E-state index contributed by atoms with van der Waals surface area (Å²) in [4.78, 5) is 12.3. The van der Waals surface area contributed by atoms with Gasteiger partial charge < -0.3 is 20.4 Å². The lowest BCUT2D eigenvalue weighted by molar-refractivity contribution is -0.122. The van der Waals surface area contributed by atoms with Crippen LogP contribution >= 0.6 is 12.4 Å². The second kappa shape index (κ2) is 7.34. The van der Waals surface area contributed by atoms with Gasteiger partial charge in [0.15, 0.2) is 0 Å². The summed E-state index contributed by atoms with van der Waals surface area (Å²) in [6.45, 7) is 4.21. The molecule has 0 bridgehead atoms. The van der Waals surface area contributed by atoms with Crippen molar-refractivity contribution in [3.8, 4) is 0 Å². The van der Waals surface area contributed by atoms with Crippen LogP contribution in [0.15, 0.2) is 30.3 Å². The van der Waals surface area contributed by atoms with Crippen LogP contribution in [0.2, 0.25) is 0 Å². The number of benzene rings is 1. The van der Waals surface area contributed by atoms with E-state index in [2.05, 4.69) is 17.4 Å². The van der Waals surface area contributed by atoms with Crippen LogP contribution < -0.4 is 11.1 Å². The van der Waals surface area contributed by atoms with E-state index >= 15 is 0 Å². The Bertz CT molecular complexity index is 678. The zero-order valence-corrected chi connectivity index (χ0v) is 14.2. The van der Waals surface area contributed by atoms with Gasteiger partial charge in [-0.3, -0.25) is 4.79 Å². The van der Waals surface area contributed by atoms with E-state index in [1.165, 1.54) is 0 Å². The zero-order chi connectivity index (χ0) is 15.6. The van der Waals surface area contributed by atoms with Gasteiger partial charge in [-0.25, -0.2) is 0 Å². The fourth-order valence-corrected chi connectivity index (χ4v) is 2.99. The molecule has 1 aromatic carbocycles. The number of aryl methyl sites for hydroxylation is 1. The third-order valence-electron chi connectivity index (χ3n) is 4.45. The minimum Gasteiger partial charge on any atom is -0.381 e. The maximum absolute atomic E-state index is 12.3. The van der Waals surface area contributed by atoms with Gasteiger partial charge in [-0.1, -0.05) is 18.2 Å². The molecule has 0 spiro atoms. The monoisotopic (exact) mass is 337 g/mol. The van der Waals surface area contributed by atoms with Crippen molar-refractivity contribution in [2.24, 2.45) is 5.73 Å². The SMILES string of the molecule is Cc1cc2ccccc2n1CC(=O)NCC1(N)CCOCC1.Cl. The normalized spacial score (nSPS) is 16.8. The number of nitrogens with one attached hydrogen (secondary N) is 1. The van der Waals surface area contributed by atoms with Crippen molar-refractivity contribution in [3.63, 3.8) is 0 Å². The lowest BCUT2D eigenvalue weighted by Crippen LogP contribution is -2.53. The number of carbonyl (C=O) groups is 1. The van der Waals surface area contributed by atoms with Crippen LogP contribution in [-0.2, 0) is 16.1 Å². The Kier molecular flexibility index (Phi) is 5.68. The zero-order valence-electron chi connectivity index (χ0n) is 13.4. The quantitative estimate of drug-likeness (QED) is 0.896. The summed E-state index contributed by atoms with van der Waals surface area (Å²) in [6.07, 6.45) is 1.58. The number of amides is 1. The molecule has 0 radical (unpaired) electrons. The first-order valence-corrected chi connectivity index (χ1v) is 7.76. The van der Waals surface area contributed by atoms with Gasteiger partial charge in [0.1, 0.15) is 6.54 Å². The van der Waals surface area contributed by atoms with E-state index in [1.54, 1.807) is 0 Å². The minimum atomic E-state index is -0.332. The Morgan fingerprint density at radius 2 is 2.04 bits per heavy atom. The number of carbonyl (C=O) groups excluding carboxylic acids is 1. The molecular formula is C17H24ClN3O2. The molecule has 1 fully saturated rings. The largest absolute Gasteiger partial charge is 0.381 e. The summed E-state index contributed by atoms with van der Waals surface area (Å²) < 4.78 is 7.36. The molecule has 1 amide bonds. The molecule has 5 nitrogen and oxygen atoms in total. The molecule has 0 atom stereocenters. The molecule has 1 aliphatic rings. The molecule has 23 heavy (non-hydrogen) atoms. The molecule has 6 heteroatoms. The van der Waals surface area contributed by atoms with Crippen molar-refractivity contribution in [1.82, 2.24) is 9.88 Å². The van der Waals surface area contributed by atoms with E-state index < -0.39 is 0 Å². The van der Waals surface area contributed by atoms with Crippen molar-refractivity contribution in [1.29, 1.82) is 0 Å². The van der Waals surface area contributed by atoms with E-state index in [9.17, 15) is 4.79 Å². The highest BCUT2D eigenvalue weighted by atomic mass is 35.5. The number of para-hydroxylation sites is 1. The molecule has 0 saturated carbocycles. The van der Waals surface area contributed by atoms with E-state index in [-0.39, 0.29) is 23.9 Å². The number of nitrogens with two attached hydrogens (primary N) is 1. The van der Waals surface area contributed by atoms with Crippen LogP contribution in [0.1, 0.15) is 18.5 Å². The van der Waals surface area contributed by atoms with Crippen molar-refractivity contribution in [3.05, 3.63) is 36.0 Å². The maximum Gasteiger partial charge on any atom is 0.240 e. The second-order valence-corrected chi connectivity index (χ2v) is 6.18. The smallest absolute Gasteiger partial charge is 0.240 e. The number of aromatic nitrogens is 1.